The summed E-state index contributed by atoms with van der Waals surface area (Å²) in [6, 6.07) is 14.3. The minimum absolute atomic E-state index is 0.0198. The first-order valence-electron chi connectivity index (χ1n) is 12.3. The van der Waals surface area contributed by atoms with E-state index < -0.39 is 10.8 Å². The van der Waals surface area contributed by atoms with Crippen molar-refractivity contribution < 1.29 is 33.4 Å². The van der Waals surface area contributed by atoms with Gasteiger partial charge in [0.2, 0.25) is 5.75 Å². The molecule has 0 aromatic heterocycles. The van der Waals surface area contributed by atoms with Crippen molar-refractivity contribution in [3.63, 3.8) is 0 Å². The summed E-state index contributed by atoms with van der Waals surface area (Å²) in [5.41, 5.74) is 4.21. The number of methoxy groups -OCH3 is 1. The summed E-state index contributed by atoms with van der Waals surface area (Å²) in [7, 11) is 1.54. The number of carbonyl (C=O) groups excluding carboxylic acids is 1. The van der Waals surface area contributed by atoms with Gasteiger partial charge in [0.05, 0.1) is 38.1 Å². The number of amides is 1. The second-order valence-corrected chi connectivity index (χ2v) is 7.91. The van der Waals surface area contributed by atoms with Crippen molar-refractivity contribution in [1.82, 2.24) is 5.43 Å². The van der Waals surface area contributed by atoms with E-state index in [1.807, 2.05) is 20.8 Å². The molecule has 11 heteroatoms. The molecule has 0 bridgehead atoms. The number of carbonyl (C=O) groups is 1. The molecule has 0 aliphatic carbocycles. The number of ether oxygens (including phenoxy) is 5. The highest BCUT2D eigenvalue weighted by Gasteiger charge is 2.18. The molecule has 206 valence electrons. The smallest absolute Gasteiger partial charge is 0.271 e. The van der Waals surface area contributed by atoms with Crippen LogP contribution in [0.3, 0.4) is 0 Å². The first kappa shape index (κ1) is 28.8. The molecule has 0 atom stereocenters. The first-order chi connectivity index (χ1) is 18.9. The van der Waals surface area contributed by atoms with Crippen LogP contribution in [0.25, 0.3) is 0 Å². The number of hydrazone groups is 1. The van der Waals surface area contributed by atoms with Crippen LogP contribution in [0.1, 0.15) is 42.3 Å². The van der Waals surface area contributed by atoms with Gasteiger partial charge in [-0.3, -0.25) is 14.9 Å². The monoisotopic (exact) mass is 537 g/mol. The molecule has 0 fully saturated rings. The van der Waals surface area contributed by atoms with E-state index in [1.54, 1.807) is 37.4 Å². The number of rotatable bonds is 14. The van der Waals surface area contributed by atoms with Crippen molar-refractivity contribution in [2.45, 2.75) is 27.4 Å². The third-order valence-electron chi connectivity index (χ3n) is 5.30. The van der Waals surface area contributed by atoms with Crippen molar-refractivity contribution in [2.24, 2.45) is 5.10 Å². The normalized spacial score (nSPS) is 10.7. The quantitative estimate of drug-likeness (QED) is 0.170. The van der Waals surface area contributed by atoms with Gasteiger partial charge in [0.1, 0.15) is 18.1 Å². The number of nitro benzene ring substituents is 1. The third kappa shape index (κ3) is 7.84. The van der Waals surface area contributed by atoms with Crippen LogP contribution in [0.4, 0.5) is 5.69 Å². The number of non-ortho nitro benzene ring substituents is 1. The number of nitrogens with one attached hydrogen (secondary N) is 1. The summed E-state index contributed by atoms with van der Waals surface area (Å²) in [6.45, 7) is 6.89. The Morgan fingerprint density at radius 2 is 1.54 bits per heavy atom. The summed E-state index contributed by atoms with van der Waals surface area (Å²) >= 11 is 0. The Labute approximate surface area is 226 Å². The molecule has 0 heterocycles. The van der Waals surface area contributed by atoms with E-state index in [4.69, 9.17) is 23.7 Å². The lowest BCUT2D eigenvalue weighted by molar-refractivity contribution is -0.384. The minimum Gasteiger partial charge on any atom is -0.496 e. The Hall–Kier alpha value is -4.80. The van der Waals surface area contributed by atoms with Gasteiger partial charge in [0.15, 0.2) is 11.5 Å². The number of benzene rings is 3. The van der Waals surface area contributed by atoms with Crippen molar-refractivity contribution in [2.75, 3.05) is 26.9 Å². The minimum atomic E-state index is -0.472. The van der Waals surface area contributed by atoms with E-state index in [9.17, 15) is 14.9 Å². The summed E-state index contributed by atoms with van der Waals surface area (Å²) in [5.74, 6) is 1.88. The second-order valence-electron chi connectivity index (χ2n) is 7.91. The Morgan fingerprint density at radius 3 is 2.10 bits per heavy atom. The lowest BCUT2D eigenvalue weighted by Gasteiger charge is -2.16. The second kappa shape index (κ2) is 14.2. The zero-order valence-corrected chi connectivity index (χ0v) is 22.3. The van der Waals surface area contributed by atoms with Gasteiger partial charge in [-0.15, -0.1) is 0 Å². The van der Waals surface area contributed by atoms with Gasteiger partial charge >= 0.3 is 0 Å². The molecule has 39 heavy (non-hydrogen) atoms. The van der Waals surface area contributed by atoms with Crippen molar-refractivity contribution in [3.05, 3.63) is 81.4 Å². The molecule has 11 nitrogen and oxygen atoms in total. The van der Waals surface area contributed by atoms with Crippen LogP contribution in [0.15, 0.2) is 59.7 Å². The van der Waals surface area contributed by atoms with Crippen LogP contribution in [0, 0.1) is 10.1 Å². The van der Waals surface area contributed by atoms with Crippen LogP contribution >= 0.6 is 0 Å². The third-order valence-corrected chi connectivity index (χ3v) is 5.30. The molecule has 0 aliphatic heterocycles. The predicted octanol–water partition coefficient (Wildman–Crippen LogP) is 5.14. The maximum absolute atomic E-state index is 12.9. The lowest BCUT2D eigenvalue weighted by atomic mass is 10.1. The van der Waals surface area contributed by atoms with Gasteiger partial charge in [-0.25, -0.2) is 5.43 Å². The SMILES string of the molecule is CCOc1cc(C(=O)NN=Cc2ccc(OC)c(COc3ccc([N+](=O)[O-])cc3)c2)cc(OCC)c1OCC. The molecule has 3 aromatic rings. The van der Waals surface area contributed by atoms with Gasteiger partial charge in [-0.2, -0.15) is 5.10 Å². The van der Waals surface area contributed by atoms with Gasteiger partial charge in [-0.05, 0) is 68.8 Å². The van der Waals surface area contributed by atoms with Crippen molar-refractivity contribution in [3.8, 4) is 28.7 Å². The maximum Gasteiger partial charge on any atom is 0.271 e. The fraction of sp³-hybridized carbons (Fsp3) is 0.286. The summed E-state index contributed by atoms with van der Waals surface area (Å²) in [4.78, 5) is 23.2. The lowest BCUT2D eigenvalue weighted by Crippen LogP contribution is -2.18. The predicted molar refractivity (Wildman–Crippen MR) is 145 cm³/mol. The number of nitro groups is 1. The van der Waals surface area contributed by atoms with Crippen molar-refractivity contribution >= 4 is 17.8 Å². The molecule has 3 rings (SSSR count). The van der Waals surface area contributed by atoms with Crippen LogP contribution in [-0.4, -0.2) is 44.0 Å². The molecule has 0 unspecified atom stereocenters. The fourth-order valence-corrected chi connectivity index (χ4v) is 3.57. The van der Waals surface area contributed by atoms with E-state index in [-0.39, 0.29) is 12.3 Å². The highest BCUT2D eigenvalue weighted by molar-refractivity contribution is 5.96. The molecule has 3 aromatic carbocycles. The zero-order valence-electron chi connectivity index (χ0n) is 22.3. The van der Waals surface area contributed by atoms with E-state index >= 15 is 0 Å². The average Bonchev–Trinajstić information content (AvgIpc) is 2.94. The van der Waals surface area contributed by atoms with Crippen LogP contribution in [0.5, 0.6) is 28.7 Å². The van der Waals surface area contributed by atoms with E-state index in [2.05, 4.69) is 10.5 Å². The highest BCUT2D eigenvalue weighted by atomic mass is 16.6. The fourth-order valence-electron chi connectivity index (χ4n) is 3.57. The summed E-state index contributed by atoms with van der Waals surface area (Å²) in [6.07, 6.45) is 1.49. The number of hydrogen-bond donors (Lipinski definition) is 1. The molecule has 0 saturated carbocycles. The Kier molecular flexibility index (Phi) is 10.5. The van der Waals surface area contributed by atoms with Gasteiger partial charge < -0.3 is 23.7 Å². The van der Waals surface area contributed by atoms with E-state index in [1.165, 1.54) is 30.5 Å². The standard InChI is InChI=1S/C28H31N3O8/c1-5-36-25-15-20(16-26(37-6-2)27(25)38-7-3)28(32)30-29-17-19-8-13-24(35-4)21(14-19)18-39-23-11-9-22(10-12-23)31(33)34/h8-17H,5-7,18H2,1-4H3,(H,30,32). The molecule has 0 aliphatic rings. The van der Waals surface area contributed by atoms with E-state index in [0.717, 1.165) is 5.56 Å². The van der Waals surface area contributed by atoms with E-state index in [0.29, 0.717) is 59.7 Å². The average molecular weight is 538 g/mol. The maximum atomic E-state index is 12.9. The highest BCUT2D eigenvalue weighted by Crippen LogP contribution is 2.39. The molecule has 0 saturated heterocycles. The Bertz CT molecular complexity index is 1280. The number of hydrogen-bond acceptors (Lipinski definition) is 9. The molecule has 1 N–H and O–H groups in total. The van der Waals surface area contributed by atoms with Crippen molar-refractivity contribution in [1.29, 1.82) is 0 Å². The van der Waals surface area contributed by atoms with Gasteiger partial charge in [-0.1, -0.05) is 0 Å². The molecule has 1 amide bonds. The number of nitrogens with zero attached hydrogens (tertiary/aromatic N) is 2. The molecular weight excluding hydrogens is 506 g/mol. The van der Waals surface area contributed by atoms with Crippen LogP contribution in [0.2, 0.25) is 0 Å². The molecule has 0 spiro atoms. The summed E-state index contributed by atoms with van der Waals surface area (Å²) in [5, 5.41) is 14.9. The van der Waals surface area contributed by atoms with Gasteiger partial charge in [0.25, 0.3) is 11.6 Å². The Balaban J connectivity index is 1.72. The topological polar surface area (TPSA) is 131 Å². The largest absolute Gasteiger partial charge is 0.496 e. The zero-order chi connectivity index (χ0) is 28.2. The van der Waals surface area contributed by atoms with Crippen LogP contribution in [-0.2, 0) is 6.61 Å². The van der Waals surface area contributed by atoms with Crippen LogP contribution < -0.4 is 29.1 Å². The first-order valence-corrected chi connectivity index (χ1v) is 12.3. The summed E-state index contributed by atoms with van der Waals surface area (Å²) < 4.78 is 28.2. The molecular formula is C28H31N3O8. The Morgan fingerprint density at radius 1 is 0.897 bits per heavy atom. The van der Waals surface area contributed by atoms with Gasteiger partial charge in [0, 0.05) is 23.3 Å². The molecule has 0 radical (unpaired) electrons.